The molecule has 0 aromatic carbocycles. The van der Waals surface area contributed by atoms with Crippen LogP contribution in [0.3, 0.4) is 0 Å². The Kier molecular flexibility index (Phi) is 5.77. The predicted molar refractivity (Wildman–Crippen MR) is 71.4 cm³/mol. The maximum atomic E-state index is 5.90. The van der Waals surface area contributed by atoms with Crippen molar-refractivity contribution < 1.29 is 0 Å². The van der Waals surface area contributed by atoms with Crippen LogP contribution in [0.15, 0.2) is 0 Å². The first-order valence-corrected chi connectivity index (χ1v) is 6.98. The number of hydrogen-bond donors (Lipinski definition) is 1. The first-order chi connectivity index (χ1) is 7.54. The molecule has 0 aromatic rings. The summed E-state index contributed by atoms with van der Waals surface area (Å²) >= 11 is 0. The molecule has 1 fully saturated rings. The van der Waals surface area contributed by atoms with Crippen molar-refractivity contribution >= 4 is 0 Å². The normalized spacial score (nSPS) is 26.2. The lowest BCUT2D eigenvalue weighted by molar-refractivity contribution is 0.129. The van der Waals surface area contributed by atoms with Crippen LogP contribution in [0.25, 0.3) is 0 Å². The van der Waals surface area contributed by atoms with Gasteiger partial charge < -0.3 is 5.73 Å². The largest absolute Gasteiger partial charge is 0.330 e. The van der Waals surface area contributed by atoms with Crippen molar-refractivity contribution in [3.63, 3.8) is 0 Å². The van der Waals surface area contributed by atoms with E-state index in [9.17, 15) is 0 Å². The Balaban J connectivity index is 2.59. The number of hydrogen-bond acceptors (Lipinski definition) is 2. The molecule has 2 nitrogen and oxygen atoms in total. The summed E-state index contributed by atoms with van der Waals surface area (Å²) < 4.78 is 0. The summed E-state index contributed by atoms with van der Waals surface area (Å²) in [5.74, 6) is 2.27. The molecule has 0 aromatic heterocycles. The Morgan fingerprint density at radius 3 is 2.06 bits per heavy atom. The SMILES string of the molecule is CC(C)CN(CC(C)C)C1CCCC1CN. The number of nitrogens with two attached hydrogens (primary N) is 1. The van der Waals surface area contributed by atoms with Crippen molar-refractivity contribution in [3.8, 4) is 0 Å². The van der Waals surface area contributed by atoms with Crippen LogP contribution in [0.1, 0.15) is 47.0 Å². The zero-order valence-corrected chi connectivity index (χ0v) is 11.6. The summed E-state index contributed by atoms with van der Waals surface area (Å²) in [7, 11) is 0. The average molecular weight is 226 g/mol. The van der Waals surface area contributed by atoms with Gasteiger partial charge in [0.2, 0.25) is 0 Å². The van der Waals surface area contributed by atoms with Crippen molar-refractivity contribution in [2.75, 3.05) is 19.6 Å². The van der Waals surface area contributed by atoms with Crippen molar-refractivity contribution in [1.82, 2.24) is 4.90 Å². The first-order valence-electron chi connectivity index (χ1n) is 6.98. The van der Waals surface area contributed by atoms with Gasteiger partial charge in [-0.2, -0.15) is 0 Å². The van der Waals surface area contributed by atoms with Crippen molar-refractivity contribution in [2.24, 2.45) is 23.5 Å². The van der Waals surface area contributed by atoms with Crippen LogP contribution in [0.4, 0.5) is 0 Å². The lowest BCUT2D eigenvalue weighted by Gasteiger charge is -2.35. The van der Waals surface area contributed by atoms with Gasteiger partial charge in [-0.3, -0.25) is 4.90 Å². The summed E-state index contributed by atoms with van der Waals surface area (Å²) in [4.78, 5) is 2.71. The molecule has 96 valence electrons. The Bertz CT molecular complexity index is 179. The van der Waals surface area contributed by atoms with E-state index >= 15 is 0 Å². The highest BCUT2D eigenvalue weighted by Gasteiger charge is 2.31. The molecule has 16 heavy (non-hydrogen) atoms. The monoisotopic (exact) mass is 226 g/mol. The minimum absolute atomic E-state index is 0.748. The maximum absolute atomic E-state index is 5.90. The van der Waals surface area contributed by atoms with Gasteiger partial charge in [0, 0.05) is 19.1 Å². The van der Waals surface area contributed by atoms with Crippen molar-refractivity contribution in [1.29, 1.82) is 0 Å². The van der Waals surface area contributed by atoms with Gasteiger partial charge in [0.15, 0.2) is 0 Å². The topological polar surface area (TPSA) is 29.3 Å². The van der Waals surface area contributed by atoms with Crippen LogP contribution in [-0.2, 0) is 0 Å². The minimum atomic E-state index is 0.748. The third-order valence-corrected chi connectivity index (χ3v) is 3.59. The van der Waals surface area contributed by atoms with E-state index < -0.39 is 0 Å². The number of rotatable bonds is 6. The predicted octanol–water partition coefficient (Wildman–Crippen LogP) is 2.73. The summed E-state index contributed by atoms with van der Waals surface area (Å²) in [6.45, 7) is 12.6. The van der Waals surface area contributed by atoms with E-state index in [0.717, 1.165) is 30.3 Å². The van der Waals surface area contributed by atoms with Crippen LogP contribution in [0, 0.1) is 17.8 Å². The van der Waals surface area contributed by atoms with E-state index in [-0.39, 0.29) is 0 Å². The third kappa shape index (κ3) is 4.06. The Morgan fingerprint density at radius 2 is 1.62 bits per heavy atom. The van der Waals surface area contributed by atoms with Gasteiger partial charge in [0.05, 0.1) is 0 Å². The molecule has 2 unspecified atom stereocenters. The summed E-state index contributed by atoms with van der Waals surface area (Å²) in [6, 6.07) is 0.759. The molecule has 1 aliphatic carbocycles. The molecule has 1 saturated carbocycles. The third-order valence-electron chi connectivity index (χ3n) is 3.59. The van der Waals surface area contributed by atoms with E-state index in [1.807, 2.05) is 0 Å². The average Bonchev–Trinajstić information content (AvgIpc) is 2.62. The van der Waals surface area contributed by atoms with Gasteiger partial charge in [-0.15, -0.1) is 0 Å². The lowest BCUT2D eigenvalue weighted by atomic mass is 9.99. The van der Waals surface area contributed by atoms with Gasteiger partial charge in [-0.1, -0.05) is 34.1 Å². The minimum Gasteiger partial charge on any atom is -0.330 e. The maximum Gasteiger partial charge on any atom is 0.0136 e. The lowest BCUT2D eigenvalue weighted by Crippen LogP contribution is -2.44. The molecule has 2 N–H and O–H groups in total. The Labute approximate surface area is 102 Å². The van der Waals surface area contributed by atoms with E-state index in [0.29, 0.717) is 0 Å². The molecule has 2 atom stereocenters. The number of nitrogens with zero attached hydrogens (tertiary/aromatic N) is 1. The van der Waals surface area contributed by atoms with Gasteiger partial charge in [0.1, 0.15) is 0 Å². The van der Waals surface area contributed by atoms with Crippen LogP contribution < -0.4 is 5.73 Å². The molecule has 0 radical (unpaired) electrons. The standard InChI is InChI=1S/C14H30N2/c1-11(2)9-16(10-12(3)4)14-7-5-6-13(14)8-15/h11-14H,5-10,15H2,1-4H3. The molecule has 0 saturated heterocycles. The molecular formula is C14H30N2. The molecule has 1 aliphatic rings. The zero-order chi connectivity index (χ0) is 12.1. The van der Waals surface area contributed by atoms with Crippen LogP contribution >= 0.6 is 0 Å². The second-order valence-corrected chi connectivity index (χ2v) is 6.24. The van der Waals surface area contributed by atoms with E-state index in [1.165, 1.54) is 32.4 Å². The Morgan fingerprint density at radius 1 is 1.06 bits per heavy atom. The molecule has 0 amide bonds. The zero-order valence-electron chi connectivity index (χ0n) is 11.6. The summed E-state index contributed by atoms with van der Waals surface area (Å²) in [5.41, 5.74) is 5.90. The summed E-state index contributed by atoms with van der Waals surface area (Å²) in [6.07, 6.45) is 4.08. The fourth-order valence-corrected chi connectivity index (χ4v) is 3.06. The highest BCUT2D eigenvalue weighted by molar-refractivity contribution is 4.86. The highest BCUT2D eigenvalue weighted by Crippen LogP contribution is 2.30. The fraction of sp³-hybridized carbons (Fsp3) is 1.00. The van der Waals surface area contributed by atoms with E-state index in [2.05, 4.69) is 32.6 Å². The molecular weight excluding hydrogens is 196 g/mol. The Hall–Kier alpha value is -0.0800. The van der Waals surface area contributed by atoms with Crippen LogP contribution in [0.5, 0.6) is 0 Å². The molecule has 0 spiro atoms. The molecule has 0 aliphatic heterocycles. The van der Waals surface area contributed by atoms with Gasteiger partial charge in [0.25, 0.3) is 0 Å². The van der Waals surface area contributed by atoms with Crippen molar-refractivity contribution in [2.45, 2.75) is 53.0 Å². The van der Waals surface area contributed by atoms with Gasteiger partial charge in [-0.25, -0.2) is 0 Å². The quantitative estimate of drug-likeness (QED) is 0.754. The van der Waals surface area contributed by atoms with Crippen LogP contribution in [-0.4, -0.2) is 30.6 Å². The molecule has 2 heteroatoms. The first kappa shape index (κ1) is 14.0. The summed E-state index contributed by atoms with van der Waals surface area (Å²) in [5, 5.41) is 0. The van der Waals surface area contributed by atoms with Crippen LogP contribution in [0.2, 0.25) is 0 Å². The second-order valence-electron chi connectivity index (χ2n) is 6.24. The smallest absolute Gasteiger partial charge is 0.0136 e. The van der Waals surface area contributed by atoms with E-state index in [4.69, 9.17) is 5.73 Å². The molecule has 0 bridgehead atoms. The van der Waals surface area contributed by atoms with Gasteiger partial charge >= 0.3 is 0 Å². The van der Waals surface area contributed by atoms with E-state index in [1.54, 1.807) is 0 Å². The highest BCUT2D eigenvalue weighted by atomic mass is 15.2. The van der Waals surface area contributed by atoms with Gasteiger partial charge in [-0.05, 0) is 37.1 Å². The molecule has 1 rings (SSSR count). The second kappa shape index (κ2) is 6.61. The molecule has 0 heterocycles. The fourth-order valence-electron chi connectivity index (χ4n) is 3.06. The van der Waals surface area contributed by atoms with Crippen molar-refractivity contribution in [3.05, 3.63) is 0 Å².